The van der Waals surface area contributed by atoms with Crippen LogP contribution >= 0.6 is 0 Å². The van der Waals surface area contributed by atoms with E-state index in [1.807, 2.05) is 0 Å². The molecule has 0 aromatic carbocycles. The smallest absolute Gasteiger partial charge is 0.125 e. The molecule has 0 radical (unpaired) electrons. The fourth-order valence-corrected chi connectivity index (χ4v) is 1.96. The molecule has 74 valence electrons. The number of aryl methyl sites for hydroxylation is 2. The molecule has 4 heteroatoms. The van der Waals surface area contributed by atoms with E-state index >= 15 is 0 Å². The van der Waals surface area contributed by atoms with Crippen molar-refractivity contribution in [2.75, 3.05) is 5.73 Å². The quantitative estimate of drug-likeness (QED) is 0.763. The van der Waals surface area contributed by atoms with Crippen molar-refractivity contribution in [3.05, 3.63) is 11.3 Å². The maximum atomic E-state index is 8.49. The highest BCUT2D eigenvalue weighted by molar-refractivity contribution is 5.44. The van der Waals surface area contributed by atoms with Crippen molar-refractivity contribution < 1.29 is 0 Å². The van der Waals surface area contributed by atoms with Crippen LogP contribution in [0.15, 0.2) is 0 Å². The Morgan fingerprint density at radius 1 is 1.43 bits per heavy atom. The summed E-state index contributed by atoms with van der Waals surface area (Å²) < 4.78 is 1.78. The van der Waals surface area contributed by atoms with E-state index in [1.54, 1.807) is 4.68 Å². The standard InChI is InChI=1S/C10H14N4/c11-6-3-7-14-10(12)8-4-1-2-5-9(8)13-14/h1-5,7,12H2. The summed E-state index contributed by atoms with van der Waals surface area (Å²) in [5, 5.41) is 12.9. The number of hydrogen-bond acceptors (Lipinski definition) is 3. The molecule has 0 saturated carbocycles. The maximum Gasteiger partial charge on any atom is 0.125 e. The summed E-state index contributed by atoms with van der Waals surface area (Å²) in [7, 11) is 0. The van der Waals surface area contributed by atoms with Crippen molar-refractivity contribution in [2.24, 2.45) is 0 Å². The van der Waals surface area contributed by atoms with Gasteiger partial charge in [-0.3, -0.25) is 0 Å². The van der Waals surface area contributed by atoms with E-state index in [1.165, 1.54) is 18.4 Å². The fourth-order valence-electron chi connectivity index (χ4n) is 1.96. The Morgan fingerprint density at radius 3 is 2.93 bits per heavy atom. The number of nitrogens with zero attached hydrogens (tertiary/aromatic N) is 3. The number of fused-ring (bicyclic) bond motifs is 1. The normalized spacial score (nSPS) is 14.8. The van der Waals surface area contributed by atoms with Gasteiger partial charge in [0.05, 0.1) is 24.7 Å². The van der Waals surface area contributed by atoms with Gasteiger partial charge in [-0.2, -0.15) is 10.4 Å². The van der Waals surface area contributed by atoms with E-state index in [4.69, 9.17) is 11.0 Å². The molecule has 0 atom stereocenters. The molecule has 2 N–H and O–H groups in total. The molecule has 1 heterocycles. The molecular weight excluding hydrogens is 176 g/mol. The van der Waals surface area contributed by atoms with Crippen molar-refractivity contribution >= 4 is 5.82 Å². The van der Waals surface area contributed by atoms with Gasteiger partial charge in [-0.05, 0) is 25.7 Å². The van der Waals surface area contributed by atoms with Crippen molar-refractivity contribution in [1.82, 2.24) is 9.78 Å². The average Bonchev–Trinajstić information content (AvgIpc) is 2.54. The molecule has 1 aromatic heterocycles. The number of hydrogen-bond donors (Lipinski definition) is 1. The first-order valence-corrected chi connectivity index (χ1v) is 5.04. The molecule has 2 rings (SSSR count). The number of nitriles is 1. The van der Waals surface area contributed by atoms with Crippen LogP contribution in [0.4, 0.5) is 5.82 Å². The zero-order valence-electron chi connectivity index (χ0n) is 8.16. The van der Waals surface area contributed by atoms with Crippen LogP contribution in [0.5, 0.6) is 0 Å². The summed E-state index contributed by atoms with van der Waals surface area (Å²) >= 11 is 0. The summed E-state index contributed by atoms with van der Waals surface area (Å²) in [6, 6.07) is 2.11. The number of rotatable bonds is 2. The van der Waals surface area contributed by atoms with Gasteiger partial charge in [0.15, 0.2) is 0 Å². The van der Waals surface area contributed by atoms with E-state index in [2.05, 4.69) is 11.2 Å². The summed E-state index contributed by atoms with van der Waals surface area (Å²) in [5.74, 6) is 0.773. The monoisotopic (exact) mass is 190 g/mol. The topological polar surface area (TPSA) is 67.6 Å². The Morgan fingerprint density at radius 2 is 2.21 bits per heavy atom. The second-order valence-corrected chi connectivity index (χ2v) is 3.65. The van der Waals surface area contributed by atoms with E-state index in [0.717, 1.165) is 24.4 Å². The minimum Gasteiger partial charge on any atom is -0.384 e. The Hall–Kier alpha value is -1.50. The van der Waals surface area contributed by atoms with Crippen LogP contribution in [0.25, 0.3) is 0 Å². The van der Waals surface area contributed by atoms with Gasteiger partial charge >= 0.3 is 0 Å². The second-order valence-electron chi connectivity index (χ2n) is 3.65. The summed E-state index contributed by atoms with van der Waals surface area (Å²) in [6.45, 7) is 0.620. The number of aromatic nitrogens is 2. The van der Waals surface area contributed by atoms with E-state index in [0.29, 0.717) is 13.0 Å². The van der Waals surface area contributed by atoms with Gasteiger partial charge in [-0.25, -0.2) is 4.68 Å². The first-order valence-electron chi connectivity index (χ1n) is 5.04. The average molecular weight is 190 g/mol. The van der Waals surface area contributed by atoms with Gasteiger partial charge in [0, 0.05) is 5.56 Å². The lowest BCUT2D eigenvalue weighted by molar-refractivity contribution is 0.615. The molecule has 0 unspecified atom stereocenters. The molecule has 1 aliphatic rings. The van der Waals surface area contributed by atoms with E-state index in [-0.39, 0.29) is 0 Å². The zero-order chi connectivity index (χ0) is 9.97. The first kappa shape index (κ1) is 9.07. The molecule has 0 aliphatic heterocycles. The largest absolute Gasteiger partial charge is 0.384 e. The predicted molar refractivity (Wildman–Crippen MR) is 53.5 cm³/mol. The minimum absolute atomic E-state index is 0.477. The van der Waals surface area contributed by atoms with E-state index < -0.39 is 0 Å². The first-order chi connectivity index (χ1) is 6.83. The van der Waals surface area contributed by atoms with Crippen LogP contribution in [0, 0.1) is 11.3 Å². The number of nitrogens with two attached hydrogens (primary N) is 1. The third-order valence-corrected chi connectivity index (χ3v) is 2.70. The van der Waals surface area contributed by atoms with Crippen molar-refractivity contribution in [1.29, 1.82) is 5.26 Å². The maximum absolute atomic E-state index is 8.49. The summed E-state index contributed by atoms with van der Waals surface area (Å²) in [6.07, 6.45) is 4.99. The Bertz CT molecular complexity index is 372. The van der Waals surface area contributed by atoms with Crippen LogP contribution in [0.2, 0.25) is 0 Å². The fraction of sp³-hybridized carbons (Fsp3) is 0.600. The highest BCUT2D eigenvalue weighted by Gasteiger charge is 2.17. The van der Waals surface area contributed by atoms with Crippen molar-refractivity contribution in [3.63, 3.8) is 0 Å². The molecule has 1 aliphatic carbocycles. The molecule has 0 amide bonds. The number of anilines is 1. The molecule has 14 heavy (non-hydrogen) atoms. The highest BCUT2D eigenvalue weighted by atomic mass is 15.3. The molecule has 1 aromatic rings. The van der Waals surface area contributed by atoms with Crippen LogP contribution < -0.4 is 5.73 Å². The van der Waals surface area contributed by atoms with Gasteiger partial charge in [0.25, 0.3) is 0 Å². The summed E-state index contributed by atoms with van der Waals surface area (Å²) in [4.78, 5) is 0. The SMILES string of the molecule is N#CCCn1nc2c(c1N)CCCC2. The van der Waals surface area contributed by atoms with Gasteiger partial charge in [0.2, 0.25) is 0 Å². The molecular formula is C10H14N4. The molecule has 0 bridgehead atoms. The van der Waals surface area contributed by atoms with Crippen LogP contribution in [0.1, 0.15) is 30.5 Å². The molecule has 0 fully saturated rings. The lowest BCUT2D eigenvalue weighted by atomic mass is 9.98. The lowest BCUT2D eigenvalue weighted by Gasteiger charge is -2.08. The predicted octanol–water partition coefficient (Wildman–Crippen LogP) is 1.26. The molecule has 0 spiro atoms. The minimum atomic E-state index is 0.477. The second kappa shape index (κ2) is 3.70. The van der Waals surface area contributed by atoms with Crippen LogP contribution in [-0.4, -0.2) is 9.78 Å². The van der Waals surface area contributed by atoms with Gasteiger partial charge in [-0.1, -0.05) is 0 Å². The zero-order valence-corrected chi connectivity index (χ0v) is 8.16. The Kier molecular flexibility index (Phi) is 2.40. The Labute approximate surface area is 83.3 Å². The highest BCUT2D eigenvalue weighted by Crippen LogP contribution is 2.25. The van der Waals surface area contributed by atoms with E-state index in [9.17, 15) is 0 Å². The lowest BCUT2D eigenvalue weighted by Crippen LogP contribution is -2.05. The number of nitrogen functional groups attached to an aromatic ring is 1. The van der Waals surface area contributed by atoms with Crippen LogP contribution in [-0.2, 0) is 19.4 Å². The van der Waals surface area contributed by atoms with Gasteiger partial charge in [-0.15, -0.1) is 0 Å². The van der Waals surface area contributed by atoms with Crippen molar-refractivity contribution in [3.8, 4) is 6.07 Å². The van der Waals surface area contributed by atoms with Gasteiger partial charge in [0.1, 0.15) is 5.82 Å². The third kappa shape index (κ3) is 1.46. The third-order valence-electron chi connectivity index (χ3n) is 2.70. The van der Waals surface area contributed by atoms with Crippen molar-refractivity contribution in [2.45, 2.75) is 38.6 Å². The Balaban J connectivity index is 2.25. The molecule has 0 saturated heterocycles. The molecule has 4 nitrogen and oxygen atoms in total. The summed E-state index contributed by atoms with van der Waals surface area (Å²) in [5.41, 5.74) is 8.32. The van der Waals surface area contributed by atoms with Gasteiger partial charge < -0.3 is 5.73 Å². The van der Waals surface area contributed by atoms with Crippen LogP contribution in [0.3, 0.4) is 0 Å².